The van der Waals surface area contributed by atoms with Crippen LogP contribution in [0.4, 0.5) is 0 Å². The maximum atomic E-state index is 11.9. The molecule has 19 heavy (non-hydrogen) atoms. The Kier molecular flexibility index (Phi) is 5.55. The van der Waals surface area contributed by atoms with Crippen molar-refractivity contribution in [2.24, 2.45) is 4.99 Å². The average molecular weight is 282 g/mol. The number of halogens is 1. The molecule has 0 saturated heterocycles. The van der Waals surface area contributed by atoms with Gasteiger partial charge in [0.25, 0.3) is 0 Å². The lowest BCUT2D eigenvalue weighted by molar-refractivity contribution is -0.156. The molecule has 0 aromatic heterocycles. The lowest BCUT2D eigenvalue weighted by Crippen LogP contribution is -2.30. The summed E-state index contributed by atoms with van der Waals surface area (Å²) in [5.74, 6) is -0.291. The Bertz CT molecular complexity index is 446. The lowest BCUT2D eigenvalue weighted by Gasteiger charge is -2.21. The van der Waals surface area contributed by atoms with E-state index in [1.54, 1.807) is 18.3 Å². The molecule has 0 spiro atoms. The number of nitrogens with zero attached hydrogens (tertiary/aromatic N) is 1. The average Bonchev–Trinajstić information content (AvgIpc) is 2.30. The van der Waals surface area contributed by atoms with Crippen LogP contribution in [-0.2, 0) is 9.53 Å². The Morgan fingerprint density at radius 2 is 1.95 bits per heavy atom. The standard InChI is InChI=1S/C15H20ClNO2/c1-5-13(14(18)19-15(2,3)4)17-10-11-6-8-12(16)9-7-11/h6-10,13H,5H2,1-4H3. The molecule has 1 rings (SSSR count). The summed E-state index contributed by atoms with van der Waals surface area (Å²) in [5, 5.41) is 0.677. The smallest absolute Gasteiger partial charge is 0.331 e. The van der Waals surface area contributed by atoms with E-state index >= 15 is 0 Å². The molecular formula is C15H20ClNO2. The maximum Gasteiger partial charge on any atom is 0.331 e. The zero-order valence-electron chi connectivity index (χ0n) is 11.8. The molecule has 0 aliphatic heterocycles. The van der Waals surface area contributed by atoms with Gasteiger partial charge in [0.05, 0.1) is 0 Å². The molecule has 0 bridgehead atoms. The Balaban J connectivity index is 2.71. The SMILES string of the molecule is CCC(N=Cc1ccc(Cl)cc1)C(=O)OC(C)(C)C. The molecule has 1 aromatic rings. The van der Waals surface area contributed by atoms with Crippen LogP contribution in [0, 0.1) is 0 Å². The fourth-order valence-corrected chi connectivity index (χ4v) is 1.55. The second kappa shape index (κ2) is 6.71. The van der Waals surface area contributed by atoms with Gasteiger partial charge in [-0.05, 0) is 44.9 Å². The van der Waals surface area contributed by atoms with Crippen molar-refractivity contribution in [1.29, 1.82) is 0 Å². The quantitative estimate of drug-likeness (QED) is 0.620. The van der Waals surface area contributed by atoms with E-state index in [9.17, 15) is 4.79 Å². The van der Waals surface area contributed by atoms with E-state index in [1.165, 1.54) is 0 Å². The highest BCUT2D eigenvalue weighted by atomic mass is 35.5. The Hall–Kier alpha value is -1.35. The predicted molar refractivity (Wildman–Crippen MR) is 79.0 cm³/mol. The van der Waals surface area contributed by atoms with Crippen molar-refractivity contribution in [1.82, 2.24) is 0 Å². The van der Waals surface area contributed by atoms with Crippen LogP contribution in [0.2, 0.25) is 5.02 Å². The van der Waals surface area contributed by atoms with Gasteiger partial charge in [0, 0.05) is 11.2 Å². The Labute approximate surface area is 119 Å². The summed E-state index contributed by atoms with van der Waals surface area (Å²) in [7, 11) is 0. The fraction of sp³-hybridized carbons (Fsp3) is 0.467. The third kappa shape index (κ3) is 5.88. The first-order chi connectivity index (χ1) is 8.81. The van der Waals surface area contributed by atoms with Crippen molar-refractivity contribution >= 4 is 23.8 Å². The van der Waals surface area contributed by atoms with Gasteiger partial charge in [-0.15, -0.1) is 0 Å². The molecule has 0 N–H and O–H groups in total. The second-order valence-electron chi connectivity index (χ2n) is 5.29. The van der Waals surface area contributed by atoms with Crippen LogP contribution in [-0.4, -0.2) is 23.8 Å². The van der Waals surface area contributed by atoms with Gasteiger partial charge < -0.3 is 4.74 Å². The molecule has 3 nitrogen and oxygen atoms in total. The van der Waals surface area contributed by atoms with E-state index in [0.717, 1.165) is 5.56 Å². The number of esters is 1. The highest BCUT2D eigenvalue weighted by molar-refractivity contribution is 6.30. The molecule has 0 heterocycles. The largest absolute Gasteiger partial charge is 0.458 e. The van der Waals surface area contributed by atoms with Crippen LogP contribution >= 0.6 is 11.6 Å². The number of aliphatic imine (C=N–C) groups is 1. The van der Waals surface area contributed by atoms with Gasteiger partial charge in [0.1, 0.15) is 11.6 Å². The topological polar surface area (TPSA) is 38.7 Å². The third-order valence-electron chi connectivity index (χ3n) is 2.34. The van der Waals surface area contributed by atoms with E-state index in [4.69, 9.17) is 16.3 Å². The summed E-state index contributed by atoms with van der Waals surface area (Å²) in [6, 6.07) is 6.82. The van der Waals surface area contributed by atoms with Gasteiger partial charge in [0.15, 0.2) is 0 Å². The molecule has 104 valence electrons. The molecule has 0 saturated carbocycles. The summed E-state index contributed by atoms with van der Waals surface area (Å²) in [5.41, 5.74) is 0.423. The van der Waals surface area contributed by atoms with Crippen molar-refractivity contribution in [2.45, 2.75) is 45.8 Å². The van der Waals surface area contributed by atoms with E-state index in [1.807, 2.05) is 39.8 Å². The van der Waals surface area contributed by atoms with Crippen molar-refractivity contribution in [3.8, 4) is 0 Å². The van der Waals surface area contributed by atoms with Crippen LogP contribution in [0.3, 0.4) is 0 Å². The van der Waals surface area contributed by atoms with Crippen LogP contribution in [0.1, 0.15) is 39.7 Å². The first-order valence-corrected chi connectivity index (χ1v) is 6.71. The predicted octanol–water partition coefficient (Wildman–Crippen LogP) is 3.88. The van der Waals surface area contributed by atoms with Crippen LogP contribution in [0.25, 0.3) is 0 Å². The molecule has 4 heteroatoms. The fourth-order valence-electron chi connectivity index (χ4n) is 1.43. The molecule has 1 unspecified atom stereocenters. The number of benzene rings is 1. The summed E-state index contributed by atoms with van der Waals surface area (Å²) in [6.07, 6.45) is 2.29. The van der Waals surface area contributed by atoms with Gasteiger partial charge in [-0.25, -0.2) is 4.79 Å². The van der Waals surface area contributed by atoms with E-state index in [2.05, 4.69) is 4.99 Å². The zero-order valence-corrected chi connectivity index (χ0v) is 12.6. The highest BCUT2D eigenvalue weighted by Gasteiger charge is 2.22. The van der Waals surface area contributed by atoms with Crippen molar-refractivity contribution in [2.75, 3.05) is 0 Å². The van der Waals surface area contributed by atoms with E-state index in [0.29, 0.717) is 11.4 Å². The number of ether oxygens (including phenoxy) is 1. The first-order valence-electron chi connectivity index (χ1n) is 6.33. The molecule has 0 aliphatic rings. The molecule has 1 aromatic carbocycles. The Morgan fingerprint density at radius 3 is 2.42 bits per heavy atom. The van der Waals surface area contributed by atoms with Gasteiger partial charge >= 0.3 is 5.97 Å². The minimum absolute atomic E-state index is 0.291. The number of rotatable bonds is 4. The minimum atomic E-state index is -0.486. The normalized spacial score (nSPS) is 13.5. The maximum absolute atomic E-state index is 11.9. The van der Waals surface area contributed by atoms with Crippen LogP contribution < -0.4 is 0 Å². The van der Waals surface area contributed by atoms with Gasteiger partial charge in [-0.3, -0.25) is 4.99 Å². The zero-order chi connectivity index (χ0) is 14.5. The summed E-state index contributed by atoms with van der Waals surface area (Å²) in [4.78, 5) is 16.2. The first kappa shape index (κ1) is 15.7. The van der Waals surface area contributed by atoms with Crippen molar-refractivity contribution < 1.29 is 9.53 Å². The molecule has 1 atom stereocenters. The summed E-state index contributed by atoms with van der Waals surface area (Å²) in [6.45, 7) is 7.45. The number of carbonyl (C=O) groups is 1. The molecule has 0 radical (unpaired) electrons. The van der Waals surface area contributed by atoms with Crippen LogP contribution in [0.15, 0.2) is 29.3 Å². The number of carbonyl (C=O) groups excluding carboxylic acids is 1. The molecule has 0 amide bonds. The minimum Gasteiger partial charge on any atom is -0.458 e. The number of hydrogen-bond acceptors (Lipinski definition) is 3. The number of hydrogen-bond donors (Lipinski definition) is 0. The van der Waals surface area contributed by atoms with E-state index in [-0.39, 0.29) is 5.97 Å². The van der Waals surface area contributed by atoms with Gasteiger partial charge in [-0.1, -0.05) is 30.7 Å². The molecule has 0 aliphatic carbocycles. The molecular weight excluding hydrogens is 262 g/mol. The Morgan fingerprint density at radius 1 is 1.37 bits per heavy atom. The monoisotopic (exact) mass is 281 g/mol. The van der Waals surface area contributed by atoms with Crippen molar-refractivity contribution in [3.05, 3.63) is 34.9 Å². The summed E-state index contributed by atoms with van der Waals surface area (Å²) < 4.78 is 5.32. The second-order valence-corrected chi connectivity index (χ2v) is 5.72. The van der Waals surface area contributed by atoms with E-state index < -0.39 is 11.6 Å². The highest BCUT2D eigenvalue weighted by Crippen LogP contribution is 2.12. The lowest BCUT2D eigenvalue weighted by atomic mass is 10.1. The third-order valence-corrected chi connectivity index (χ3v) is 2.59. The van der Waals surface area contributed by atoms with Gasteiger partial charge in [0.2, 0.25) is 0 Å². The van der Waals surface area contributed by atoms with Gasteiger partial charge in [-0.2, -0.15) is 0 Å². The van der Waals surface area contributed by atoms with Crippen molar-refractivity contribution in [3.63, 3.8) is 0 Å². The molecule has 0 fully saturated rings. The van der Waals surface area contributed by atoms with Crippen LogP contribution in [0.5, 0.6) is 0 Å². The summed E-state index contributed by atoms with van der Waals surface area (Å²) >= 11 is 5.81.